The number of carboxylic acids is 1. The fourth-order valence-corrected chi connectivity index (χ4v) is 1.86. The maximum atomic E-state index is 10.5. The van der Waals surface area contributed by atoms with Crippen LogP contribution in [0.4, 0.5) is 5.82 Å². The van der Waals surface area contributed by atoms with E-state index in [0.717, 1.165) is 17.7 Å². The number of carbonyl (C=O) groups is 1. The predicted octanol–water partition coefficient (Wildman–Crippen LogP) is 0.191. The molecule has 1 aromatic heterocycles. The van der Waals surface area contributed by atoms with Gasteiger partial charge in [0.05, 0.1) is 25.3 Å². The van der Waals surface area contributed by atoms with Crippen molar-refractivity contribution < 1.29 is 14.6 Å². The minimum Gasteiger partial charge on any atom is -0.481 e. The Bertz CT molecular complexity index is 434. The average molecular weight is 237 g/mol. The van der Waals surface area contributed by atoms with Gasteiger partial charge >= 0.3 is 5.97 Å². The van der Waals surface area contributed by atoms with E-state index in [1.54, 1.807) is 0 Å². The van der Waals surface area contributed by atoms with E-state index in [0.29, 0.717) is 37.7 Å². The Morgan fingerprint density at radius 2 is 2.12 bits per heavy atom. The molecule has 1 aliphatic heterocycles. The summed E-state index contributed by atoms with van der Waals surface area (Å²) in [4.78, 5) is 19.0. The van der Waals surface area contributed by atoms with Gasteiger partial charge in [0.25, 0.3) is 0 Å². The number of fused-ring (bicyclic) bond motifs is 1. The molecule has 1 aliphatic rings. The van der Waals surface area contributed by atoms with Crippen LogP contribution in [0.25, 0.3) is 0 Å². The van der Waals surface area contributed by atoms with E-state index in [9.17, 15) is 4.79 Å². The molecule has 0 saturated carbocycles. The molecule has 2 rings (SSSR count). The summed E-state index contributed by atoms with van der Waals surface area (Å²) < 4.78 is 5.35. The standard InChI is InChI=1S/C11H15N3O3/c12-11-7-3-5-17-6-4-8(7)13-9(14-11)1-2-10(15)16/h1-6H2,(H,15,16)(H2,12,13,14). The summed E-state index contributed by atoms with van der Waals surface area (Å²) in [6.45, 7) is 1.26. The highest BCUT2D eigenvalue weighted by Gasteiger charge is 2.15. The molecule has 2 heterocycles. The van der Waals surface area contributed by atoms with E-state index < -0.39 is 5.97 Å². The van der Waals surface area contributed by atoms with Crippen LogP contribution in [0, 0.1) is 0 Å². The summed E-state index contributed by atoms with van der Waals surface area (Å²) >= 11 is 0. The summed E-state index contributed by atoms with van der Waals surface area (Å²) in [6, 6.07) is 0. The van der Waals surface area contributed by atoms with Crippen LogP contribution in [0.1, 0.15) is 23.5 Å². The number of aryl methyl sites for hydroxylation is 1. The van der Waals surface area contributed by atoms with Gasteiger partial charge in [-0.2, -0.15) is 0 Å². The smallest absolute Gasteiger partial charge is 0.303 e. The Morgan fingerprint density at radius 1 is 1.35 bits per heavy atom. The zero-order valence-electron chi connectivity index (χ0n) is 9.48. The van der Waals surface area contributed by atoms with Gasteiger partial charge in [-0.3, -0.25) is 4.79 Å². The molecule has 6 nitrogen and oxygen atoms in total. The van der Waals surface area contributed by atoms with Gasteiger partial charge in [-0.05, 0) is 0 Å². The van der Waals surface area contributed by atoms with E-state index in [4.69, 9.17) is 15.6 Å². The molecule has 6 heteroatoms. The van der Waals surface area contributed by atoms with Crippen molar-refractivity contribution in [1.82, 2.24) is 9.97 Å². The lowest BCUT2D eigenvalue weighted by molar-refractivity contribution is -0.137. The predicted molar refractivity (Wildman–Crippen MR) is 60.6 cm³/mol. The third-order valence-electron chi connectivity index (χ3n) is 2.71. The topological polar surface area (TPSA) is 98.3 Å². The van der Waals surface area contributed by atoms with Gasteiger partial charge in [-0.1, -0.05) is 0 Å². The zero-order chi connectivity index (χ0) is 12.3. The molecule has 0 unspecified atom stereocenters. The number of anilines is 1. The van der Waals surface area contributed by atoms with Crippen molar-refractivity contribution in [2.24, 2.45) is 0 Å². The fourth-order valence-electron chi connectivity index (χ4n) is 1.86. The summed E-state index contributed by atoms with van der Waals surface area (Å²) in [7, 11) is 0. The van der Waals surface area contributed by atoms with Crippen LogP contribution in [0.3, 0.4) is 0 Å². The number of aromatic nitrogens is 2. The number of nitrogens with two attached hydrogens (primary N) is 1. The van der Waals surface area contributed by atoms with Crippen LogP contribution < -0.4 is 5.73 Å². The molecular weight excluding hydrogens is 222 g/mol. The first-order chi connectivity index (χ1) is 8.16. The van der Waals surface area contributed by atoms with Gasteiger partial charge in [0.1, 0.15) is 11.6 Å². The lowest BCUT2D eigenvalue weighted by atomic mass is 10.1. The zero-order valence-corrected chi connectivity index (χ0v) is 9.48. The Morgan fingerprint density at radius 3 is 2.88 bits per heavy atom. The Balaban J connectivity index is 2.22. The molecule has 17 heavy (non-hydrogen) atoms. The minimum atomic E-state index is -0.856. The monoisotopic (exact) mass is 237 g/mol. The summed E-state index contributed by atoms with van der Waals surface area (Å²) in [5.41, 5.74) is 7.71. The molecule has 0 saturated heterocycles. The molecule has 0 fully saturated rings. The van der Waals surface area contributed by atoms with Crippen molar-refractivity contribution in [1.29, 1.82) is 0 Å². The molecule has 0 aromatic carbocycles. The first-order valence-electron chi connectivity index (χ1n) is 5.60. The molecule has 0 radical (unpaired) electrons. The quantitative estimate of drug-likeness (QED) is 0.778. The number of rotatable bonds is 3. The largest absolute Gasteiger partial charge is 0.481 e. The maximum absolute atomic E-state index is 10.5. The molecule has 0 bridgehead atoms. The van der Waals surface area contributed by atoms with Crippen molar-refractivity contribution in [2.45, 2.75) is 25.7 Å². The van der Waals surface area contributed by atoms with E-state index in [1.165, 1.54) is 0 Å². The van der Waals surface area contributed by atoms with E-state index in [-0.39, 0.29) is 6.42 Å². The second kappa shape index (κ2) is 5.09. The van der Waals surface area contributed by atoms with Crippen molar-refractivity contribution in [3.63, 3.8) is 0 Å². The van der Waals surface area contributed by atoms with Crippen molar-refractivity contribution in [2.75, 3.05) is 18.9 Å². The van der Waals surface area contributed by atoms with Gasteiger partial charge in [0.15, 0.2) is 0 Å². The summed E-state index contributed by atoms with van der Waals surface area (Å²) in [6.07, 6.45) is 1.77. The molecule has 0 atom stereocenters. The number of nitrogen functional groups attached to an aromatic ring is 1. The number of hydrogen-bond donors (Lipinski definition) is 2. The van der Waals surface area contributed by atoms with E-state index in [1.807, 2.05) is 0 Å². The third-order valence-corrected chi connectivity index (χ3v) is 2.71. The lowest BCUT2D eigenvalue weighted by Gasteiger charge is -2.09. The van der Waals surface area contributed by atoms with Crippen molar-refractivity contribution in [3.8, 4) is 0 Å². The second-order valence-electron chi connectivity index (χ2n) is 3.96. The van der Waals surface area contributed by atoms with Crippen LogP contribution in [-0.4, -0.2) is 34.3 Å². The van der Waals surface area contributed by atoms with Gasteiger partial charge in [-0.15, -0.1) is 0 Å². The van der Waals surface area contributed by atoms with Gasteiger partial charge < -0.3 is 15.6 Å². The van der Waals surface area contributed by atoms with Gasteiger partial charge in [-0.25, -0.2) is 9.97 Å². The van der Waals surface area contributed by atoms with Gasteiger partial charge in [0, 0.05) is 24.8 Å². The van der Waals surface area contributed by atoms with Crippen molar-refractivity contribution in [3.05, 3.63) is 17.1 Å². The molecule has 92 valence electrons. The summed E-state index contributed by atoms with van der Waals surface area (Å²) in [5.74, 6) is 0.108. The Kier molecular flexibility index (Phi) is 3.53. The molecule has 0 amide bonds. The van der Waals surface area contributed by atoms with Crippen molar-refractivity contribution >= 4 is 11.8 Å². The van der Waals surface area contributed by atoms with Crippen LogP contribution in [-0.2, 0) is 28.8 Å². The second-order valence-corrected chi connectivity index (χ2v) is 3.96. The number of ether oxygens (including phenoxy) is 1. The molecule has 1 aromatic rings. The minimum absolute atomic E-state index is 0.0225. The van der Waals surface area contributed by atoms with Gasteiger partial charge in [0.2, 0.25) is 0 Å². The highest BCUT2D eigenvalue weighted by Crippen LogP contribution is 2.18. The normalized spacial score (nSPS) is 15.1. The highest BCUT2D eigenvalue weighted by atomic mass is 16.5. The van der Waals surface area contributed by atoms with Crippen LogP contribution in [0.5, 0.6) is 0 Å². The molecule has 3 N–H and O–H groups in total. The van der Waals surface area contributed by atoms with Crippen LogP contribution >= 0.6 is 0 Å². The van der Waals surface area contributed by atoms with E-state index in [2.05, 4.69) is 9.97 Å². The first kappa shape index (κ1) is 11.8. The number of aliphatic carboxylic acids is 1. The van der Waals surface area contributed by atoms with E-state index >= 15 is 0 Å². The lowest BCUT2D eigenvalue weighted by Crippen LogP contribution is -2.10. The number of nitrogens with zero attached hydrogens (tertiary/aromatic N) is 2. The maximum Gasteiger partial charge on any atom is 0.303 e. The number of hydrogen-bond acceptors (Lipinski definition) is 5. The molecule has 0 spiro atoms. The fraction of sp³-hybridized carbons (Fsp3) is 0.545. The first-order valence-corrected chi connectivity index (χ1v) is 5.60. The highest BCUT2D eigenvalue weighted by molar-refractivity contribution is 5.66. The Hall–Kier alpha value is -1.69. The average Bonchev–Trinajstić information content (AvgIpc) is 2.51. The molecular formula is C11H15N3O3. The summed E-state index contributed by atoms with van der Waals surface area (Å²) in [5, 5.41) is 8.62. The van der Waals surface area contributed by atoms with Crippen LogP contribution in [0.2, 0.25) is 0 Å². The molecule has 0 aliphatic carbocycles. The third kappa shape index (κ3) is 2.91. The van der Waals surface area contributed by atoms with Crippen LogP contribution in [0.15, 0.2) is 0 Å². The SMILES string of the molecule is Nc1nc(CCC(=O)O)nc2c1CCOCC2. The Labute approximate surface area is 98.8 Å². The number of carboxylic acid groups (broad SMARTS) is 1.